The van der Waals surface area contributed by atoms with Crippen molar-refractivity contribution in [2.75, 3.05) is 0 Å². The van der Waals surface area contributed by atoms with Gasteiger partial charge in [-0.3, -0.25) is 0 Å². The minimum atomic E-state index is -0.0568. The molecule has 0 amide bonds. The van der Waals surface area contributed by atoms with Crippen molar-refractivity contribution < 1.29 is 0 Å². The number of hydrogen-bond acceptors (Lipinski definition) is 0. The van der Waals surface area contributed by atoms with Crippen LogP contribution in [-0.4, -0.2) is 9.13 Å². The van der Waals surface area contributed by atoms with Crippen molar-refractivity contribution in [1.82, 2.24) is 9.13 Å². The Morgan fingerprint density at radius 3 is 1.49 bits per heavy atom. The summed E-state index contributed by atoms with van der Waals surface area (Å²) in [4.78, 5) is 0. The van der Waals surface area contributed by atoms with E-state index in [2.05, 4.69) is 179 Å². The third-order valence-corrected chi connectivity index (χ3v) is 13.1. The molecule has 53 heavy (non-hydrogen) atoms. The zero-order chi connectivity index (χ0) is 36.1. The molecule has 0 aliphatic heterocycles. The fraction of sp³-hybridized carbons (Fsp3) is 0.137. The molecule has 2 aliphatic carbocycles. The molecule has 0 bridgehead atoms. The largest absolute Gasteiger partial charge is 0.313 e. The standard InChI is InChI=1S/C51H40N2/c1-28-31(4)52(33-16-18-41-38-13-9-8-12-35(38)30(3)46(41)26-33)49-36(28)20-22-39-40-23-21-37-29(2)32(5)53(50(37)45(40)25-24-44(39)49)34-17-19-43-42-14-10-11-15-47(42)51(6,7)48(43)27-34/h8-27H,3H2,1-2,4-7H3. The van der Waals surface area contributed by atoms with Crippen LogP contribution in [0.15, 0.2) is 128 Å². The SMILES string of the molecule is C=C1c2ccccc2-c2ccc(-n3c(C)c(C)c4ccc5c6ccc7c(C)c(C)n(-c8ccc9c(c8)C(C)(C)c8ccccc8-9)c7c6ccc5c43)cc21. The van der Waals surface area contributed by atoms with Crippen molar-refractivity contribution in [2.24, 2.45) is 0 Å². The molecule has 7 aromatic carbocycles. The van der Waals surface area contributed by atoms with Gasteiger partial charge in [0.1, 0.15) is 0 Å². The van der Waals surface area contributed by atoms with E-state index in [-0.39, 0.29) is 5.41 Å². The molecule has 2 heterocycles. The highest BCUT2D eigenvalue weighted by Gasteiger charge is 2.35. The summed E-state index contributed by atoms with van der Waals surface area (Å²) in [6.07, 6.45) is 0. The molecule has 0 fully saturated rings. The van der Waals surface area contributed by atoms with Crippen molar-refractivity contribution in [1.29, 1.82) is 0 Å². The molecule has 0 spiro atoms. The highest BCUT2D eigenvalue weighted by Crippen LogP contribution is 2.50. The number of hydrogen-bond donors (Lipinski definition) is 0. The second-order valence-electron chi connectivity index (χ2n) is 15.9. The molecule has 11 rings (SSSR count). The molecule has 0 radical (unpaired) electrons. The number of rotatable bonds is 2. The van der Waals surface area contributed by atoms with Crippen molar-refractivity contribution in [3.05, 3.63) is 173 Å². The van der Waals surface area contributed by atoms with Gasteiger partial charge in [-0.2, -0.15) is 0 Å². The first kappa shape index (κ1) is 30.5. The summed E-state index contributed by atoms with van der Waals surface area (Å²) in [5.41, 5.74) is 21.7. The lowest BCUT2D eigenvalue weighted by Gasteiger charge is -2.22. The van der Waals surface area contributed by atoms with E-state index in [0.717, 1.165) is 5.57 Å². The van der Waals surface area contributed by atoms with Gasteiger partial charge in [-0.25, -0.2) is 0 Å². The highest BCUT2D eigenvalue weighted by molar-refractivity contribution is 6.22. The maximum atomic E-state index is 4.53. The fourth-order valence-electron chi connectivity index (χ4n) is 10.1. The lowest BCUT2D eigenvalue weighted by atomic mass is 9.82. The van der Waals surface area contributed by atoms with E-state index < -0.39 is 0 Å². The number of nitrogens with zero attached hydrogens (tertiary/aromatic N) is 2. The van der Waals surface area contributed by atoms with E-state index in [1.54, 1.807) is 0 Å². The van der Waals surface area contributed by atoms with Crippen LogP contribution in [0.3, 0.4) is 0 Å². The first-order valence-corrected chi connectivity index (χ1v) is 18.8. The highest BCUT2D eigenvalue weighted by atomic mass is 15.0. The Labute approximate surface area is 310 Å². The maximum Gasteiger partial charge on any atom is 0.0612 e. The van der Waals surface area contributed by atoms with Crippen LogP contribution in [0.1, 0.15) is 58.6 Å². The Kier molecular flexibility index (Phi) is 5.91. The average Bonchev–Trinajstić information content (AvgIpc) is 3.80. The third kappa shape index (κ3) is 3.78. The number of aryl methyl sites for hydroxylation is 2. The minimum Gasteiger partial charge on any atom is -0.313 e. The number of benzene rings is 7. The lowest BCUT2D eigenvalue weighted by Crippen LogP contribution is -2.15. The van der Waals surface area contributed by atoms with Crippen molar-refractivity contribution in [3.8, 4) is 33.6 Å². The minimum absolute atomic E-state index is 0.0568. The van der Waals surface area contributed by atoms with Crippen molar-refractivity contribution in [3.63, 3.8) is 0 Å². The Bertz CT molecular complexity index is 3140. The third-order valence-electron chi connectivity index (χ3n) is 13.1. The quantitative estimate of drug-likeness (QED) is 0.161. The van der Waals surface area contributed by atoms with Crippen LogP contribution < -0.4 is 0 Å². The van der Waals surface area contributed by atoms with Crippen LogP contribution in [0.5, 0.6) is 0 Å². The van der Waals surface area contributed by atoms with Gasteiger partial charge in [-0.15, -0.1) is 0 Å². The normalized spacial score (nSPS) is 14.0. The molecular weight excluding hydrogens is 641 g/mol. The van der Waals surface area contributed by atoms with Crippen molar-refractivity contribution >= 4 is 48.9 Å². The summed E-state index contributed by atoms with van der Waals surface area (Å²) in [6.45, 7) is 18.3. The molecule has 2 aliphatic rings. The topological polar surface area (TPSA) is 9.86 Å². The van der Waals surface area contributed by atoms with Gasteiger partial charge in [0.25, 0.3) is 0 Å². The van der Waals surface area contributed by atoms with E-state index in [4.69, 9.17) is 0 Å². The van der Waals surface area contributed by atoms with Crippen LogP contribution >= 0.6 is 0 Å². The van der Waals surface area contributed by atoms with E-state index in [1.165, 1.54) is 122 Å². The predicted octanol–water partition coefficient (Wildman–Crippen LogP) is 13.5. The molecule has 0 atom stereocenters. The van der Waals surface area contributed by atoms with Crippen LogP contribution in [-0.2, 0) is 5.41 Å². The van der Waals surface area contributed by atoms with Gasteiger partial charge < -0.3 is 9.13 Å². The van der Waals surface area contributed by atoms with E-state index in [9.17, 15) is 0 Å². The van der Waals surface area contributed by atoms with Gasteiger partial charge in [-0.05, 0) is 124 Å². The molecule has 9 aromatic rings. The fourth-order valence-corrected chi connectivity index (χ4v) is 10.1. The molecule has 2 nitrogen and oxygen atoms in total. The molecule has 254 valence electrons. The Hall–Kier alpha value is -6.12. The van der Waals surface area contributed by atoms with Gasteiger partial charge in [-0.1, -0.05) is 117 Å². The average molecular weight is 681 g/mol. The van der Waals surface area contributed by atoms with Crippen LogP contribution in [0.2, 0.25) is 0 Å². The van der Waals surface area contributed by atoms with Gasteiger partial charge >= 0.3 is 0 Å². The summed E-state index contributed by atoms with van der Waals surface area (Å²) >= 11 is 0. The summed E-state index contributed by atoms with van der Waals surface area (Å²) in [6, 6.07) is 45.8. The Balaban J connectivity index is 1.14. The molecule has 2 aromatic heterocycles. The maximum absolute atomic E-state index is 4.53. The molecule has 2 heteroatoms. The second-order valence-corrected chi connectivity index (χ2v) is 15.9. The lowest BCUT2D eigenvalue weighted by molar-refractivity contribution is 0.659. The van der Waals surface area contributed by atoms with Crippen LogP contribution in [0, 0.1) is 27.7 Å². The van der Waals surface area contributed by atoms with Gasteiger partial charge in [0.15, 0.2) is 0 Å². The first-order valence-electron chi connectivity index (χ1n) is 18.8. The smallest absolute Gasteiger partial charge is 0.0612 e. The molecule has 0 saturated heterocycles. The van der Waals surface area contributed by atoms with Gasteiger partial charge in [0, 0.05) is 49.7 Å². The second kappa shape index (κ2) is 10.3. The van der Waals surface area contributed by atoms with Crippen LogP contribution in [0.25, 0.3) is 82.6 Å². The van der Waals surface area contributed by atoms with E-state index in [0.29, 0.717) is 0 Å². The van der Waals surface area contributed by atoms with Crippen LogP contribution in [0.4, 0.5) is 0 Å². The van der Waals surface area contributed by atoms with E-state index >= 15 is 0 Å². The molecule has 0 N–H and O–H groups in total. The number of fused-ring (bicyclic) bond motifs is 13. The molecular formula is C51H40N2. The van der Waals surface area contributed by atoms with E-state index in [1.807, 2.05) is 0 Å². The molecule has 0 unspecified atom stereocenters. The number of aromatic nitrogens is 2. The predicted molar refractivity (Wildman–Crippen MR) is 225 cm³/mol. The summed E-state index contributed by atoms with van der Waals surface area (Å²) in [5, 5.41) is 7.74. The first-order chi connectivity index (χ1) is 25.6. The zero-order valence-electron chi connectivity index (χ0n) is 31.1. The summed E-state index contributed by atoms with van der Waals surface area (Å²) in [7, 11) is 0. The molecule has 0 saturated carbocycles. The Morgan fingerprint density at radius 1 is 0.415 bits per heavy atom. The van der Waals surface area contributed by atoms with Crippen molar-refractivity contribution in [2.45, 2.75) is 47.0 Å². The Morgan fingerprint density at radius 2 is 0.868 bits per heavy atom. The van der Waals surface area contributed by atoms with Gasteiger partial charge in [0.2, 0.25) is 0 Å². The monoisotopic (exact) mass is 680 g/mol. The summed E-state index contributed by atoms with van der Waals surface area (Å²) < 4.78 is 5.00. The summed E-state index contributed by atoms with van der Waals surface area (Å²) in [5.74, 6) is 0. The van der Waals surface area contributed by atoms with Gasteiger partial charge in [0.05, 0.1) is 11.0 Å². The zero-order valence-corrected chi connectivity index (χ0v) is 31.1.